The molecular weight excluding hydrogens is 524 g/mol. The number of nitriles is 1. The normalized spacial score (nSPS) is 46.2. The zero-order valence-corrected chi connectivity index (χ0v) is 27.8. The number of ketones is 2. The van der Waals surface area contributed by atoms with Gasteiger partial charge in [-0.05, 0) is 111 Å². The summed E-state index contributed by atoms with van der Waals surface area (Å²) in [6.45, 7) is 22.0. The Morgan fingerprint density at radius 3 is 2.29 bits per heavy atom. The van der Waals surface area contributed by atoms with Crippen LogP contribution in [0.25, 0.3) is 0 Å². The van der Waals surface area contributed by atoms with Crippen molar-refractivity contribution in [3.63, 3.8) is 0 Å². The number of ether oxygens (including phenoxy) is 1. The standard InChI is InChI=1S/C36H54N2O4/c1-21-11-14-36(20-38-30(41)42-31(3,4)5)16-15-35(10)28(27(36)22(21)2)24(39)17-26-33(8)18-23(19-37)29(40)32(6,7)25(33)12-13-34(26,35)9/h18,21-22,25-28H,11-17,20H2,1-10H3,(H,38,41)/t21-,22+,25+,26?,27+,28-,33+,34-,35-,36-/m1/s1. The van der Waals surface area contributed by atoms with E-state index < -0.39 is 16.4 Å². The van der Waals surface area contributed by atoms with Crippen molar-refractivity contribution in [3.8, 4) is 6.07 Å². The lowest BCUT2D eigenvalue weighted by Crippen LogP contribution is -2.69. The number of hydrogen-bond donors (Lipinski definition) is 1. The molecular formula is C36H54N2O4. The molecule has 4 saturated carbocycles. The maximum atomic E-state index is 14.7. The van der Waals surface area contributed by atoms with Crippen molar-refractivity contribution in [1.29, 1.82) is 5.26 Å². The first kappa shape index (κ1) is 31.3. The number of nitrogens with one attached hydrogen (secondary N) is 1. The molecule has 0 aromatic carbocycles. The highest BCUT2D eigenvalue weighted by atomic mass is 16.6. The van der Waals surface area contributed by atoms with Gasteiger partial charge in [0.25, 0.3) is 0 Å². The highest BCUT2D eigenvalue weighted by molar-refractivity contribution is 6.04. The van der Waals surface area contributed by atoms with Crippen molar-refractivity contribution in [2.45, 2.75) is 120 Å². The van der Waals surface area contributed by atoms with E-state index in [1.54, 1.807) is 0 Å². The minimum Gasteiger partial charge on any atom is -0.444 e. The summed E-state index contributed by atoms with van der Waals surface area (Å²) in [4.78, 5) is 40.9. The molecule has 1 N–H and O–H groups in total. The number of carbonyl (C=O) groups excluding carboxylic acids is 3. The predicted molar refractivity (Wildman–Crippen MR) is 163 cm³/mol. The first-order chi connectivity index (χ1) is 19.3. The minimum atomic E-state index is -0.626. The molecule has 6 heteroatoms. The molecule has 10 atom stereocenters. The van der Waals surface area contributed by atoms with E-state index >= 15 is 0 Å². The number of allylic oxidation sites excluding steroid dienone is 2. The van der Waals surface area contributed by atoms with Crippen LogP contribution in [0.1, 0.15) is 114 Å². The lowest BCUT2D eigenvalue weighted by Gasteiger charge is -2.72. The van der Waals surface area contributed by atoms with Crippen molar-refractivity contribution in [2.75, 3.05) is 6.54 Å². The van der Waals surface area contributed by atoms with Gasteiger partial charge in [0.1, 0.15) is 17.5 Å². The number of nitrogens with zero attached hydrogens (tertiary/aromatic N) is 1. The summed E-state index contributed by atoms with van der Waals surface area (Å²) in [5.41, 5.74) is -1.73. The summed E-state index contributed by atoms with van der Waals surface area (Å²) in [7, 11) is 0. The van der Waals surface area contributed by atoms with Crippen molar-refractivity contribution in [2.24, 2.45) is 62.6 Å². The highest BCUT2D eigenvalue weighted by Crippen LogP contribution is 2.75. The average molecular weight is 579 g/mol. The van der Waals surface area contributed by atoms with E-state index in [0.29, 0.717) is 30.6 Å². The fourth-order valence-electron chi connectivity index (χ4n) is 11.5. The topological polar surface area (TPSA) is 96.3 Å². The van der Waals surface area contributed by atoms with Crippen LogP contribution in [0.15, 0.2) is 11.6 Å². The van der Waals surface area contributed by atoms with Gasteiger partial charge in [-0.2, -0.15) is 5.26 Å². The van der Waals surface area contributed by atoms with E-state index in [4.69, 9.17) is 4.74 Å². The fraction of sp³-hybridized carbons (Fsp3) is 0.833. The molecule has 4 fully saturated rings. The van der Waals surface area contributed by atoms with Crippen LogP contribution in [0.5, 0.6) is 0 Å². The third kappa shape index (κ3) is 4.26. The maximum absolute atomic E-state index is 14.7. The Kier molecular flexibility index (Phi) is 7.20. The molecule has 5 aliphatic carbocycles. The number of hydrogen-bond acceptors (Lipinski definition) is 5. The Morgan fingerprint density at radius 1 is 1.00 bits per heavy atom. The first-order valence-corrected chi connectivity index (χ1v) is 16.4. The molecule has 0 saturated heterocycles. The van der Waals surface area contributed by atoms with Crippen LogP contribution in [0, 0.1) is 73.9 Å². The van der Waals surface area contributed by atoms with Gasteiger partial charge in [0, 0.05) is 24.3 Å². The highest BCUT2D eigenvalue weighted by Gasteiger charge is 2.72. The molecule has 0 aliphatic heterocycles. The van der Waals surface area contributed by atoms with E-state index in [2.05, 4.69) is 46.0 Å². The van der Waals surface area contributed by atoms with Crippen LogP contribution in [0.4, 0.5) is 4.79 Å². The number of alkyl carbamates (subject to hydrolysis) is 1. The van der Waals surface area contributed by atoms with E-state index in [1.807, 2.05) is 40.7 Å². The number of fused-ring (bicyclic) bond motifs is 7. The lowest BCUT2D eigenvalue weighted by molar-refractivity contribution is -0.226. The molecule has 0 aromatic heterocycles. The number of rotatable bonds is 2. The Bertz CT molecular complexity index is 1250. The summed E-state index contributed by atoms with van der Waals surface area (Å²) in [6.07, 6.45) is 8.07. The van der Waals surface area contributed by atoms with Gasteiger partial charge in [-0.25, -0.2) is 4.79 Å². The van der Waals surface area contributed by atoms with Crippen LogP contribution < -0.4 is 5.32 Å². The van der Waals surface area contributed by atoms with E-state index in [1.165, 1.54) is 0 Å². The first-order valence-electron chi connectivity index (χ1n) is 16.4. The van der Waals surface area contributed by atoms with Crippen molar-refractivity contribution >= 4 is 17.7 Å². The molecule has 0 radical (unpaired) electrons. The molecule has 1 amide bonds. The molecule has 5 rings (SSSR count). The van der Waals surface area contributed by atoms with Crippen LogP contribution in [-0.2, 0) is 14.3 Å². The maximum Gasteiger partial charge on any atom is 0.407 e. The van der Waals surface area contributed by atoms with Gasteiger partial charge in [-0.3, -0.25) is 9.59 Å². The van der Waals surface area contributed by atoms with Gasteiger partial charge >= 0.3 is 6.09 Å². The molecule has 0 bridgehead atoms. The third-order valence-electron chi connectivity index (χ3n) is 14.0. The van der Waals surface area contributed by atoms with Gasteiger partial charge in [-0.1, -0.05) is 54.5 Å². The largest absolute Gasteiger partial charge is 0.444 e. The van der Waals surface area contributed by atoms with Crippen LogP contribution in [-0.4, -0.2) is 29.8 Å². The third-order valence-corrected chi connectivity index (χ3v) is 14.0. The molecule has 0 aromatic rings. The van der Waals surface area contributed by atoms with Gasteiger partial charge in [0.2, 0.25) is 0 Å². The van der Waals surface area contributed by atoms with Crippen molar-refractivity contribution in [1.82, 2.24) is 5.32 Å². The Labute approximate surface area is 253 Å². The van der Waals surface area contributed by atoms with E-state index in [0.717, 1.165) is 38.5 Å². The Balaban J connectivity index is 1.55. The summed E-state index contributed by atoms with van der Waals surface area (Å²) >= 11 is 0. The zero-order chi connectivity index (χ0) is 31.3. The predicted octanol–water partition coefficient (Wildman–Crippen LogP) is 7.67. The summed E-state index contributed by atoms with van der Waals surface area (Å²) in [5, 5.41) is 13.1. The van der Waals surface area contributed by atoms with Gasteiger partial charge in [0.05, 0.1) is 5.57 Å². The fourth-order valence-corrected chi connectivity index (χ4v) is 11.5. The molecule has 0 spiro atoms. The number of amides is 1. The molecule has 5 aliphatic rings. The second-order valence-corrected chi connectivity index (χ2v) is 17.3. The van der Waals surface area contributed by atoms with Gasteiger partial charge < -0.3 is 10.1 Å². The van der Waals surface area contributed by atoms with Crippen molar-refractivity contribution in [3.05, 3.63) is 11.6 Å². The van der Waals surface area contributed by atoms with Crippen LogP contribution in [0.2, 0.25) is 0 Å². The quantitative estimate of drug-likeness (QED) is 0.363. The van der Waals surface area contributed by atoms with Crippen molar-refractivity contribution < 1.29 is 19.1 Å². The zero-order valence-electron chi connectivity index (χ0n) is 27.8. The molecule has 232 valence electrons. The second kappa shape index (κ2) is 9.67. The second-order valence-electron chi connectivity index (χ2n) is 17.3. The molecule has 0 heterocycles. The SMILES string of the molecule is C[C@@H]1[C@H]2[C@H]3C(=O)CC4[C@@]5(C)C=C(C#N)C(=O)C(C)(C)[C@@H]5CC[C@@]4(C)[C@]3(C)CC[C@@]2(CNC(=O)OC(C)(C)C)CC[C@H]1C. The summed E-state index contributed by atoms with van der Waals surface area (Å²) in [5.74, 6) is 1.51. The Hall–Kier alpha value is -2.16. The lowest BCUT2D eigenvalue weighted by atomic mass is 9.31. The molecule has 1 unspecified atom stereocenters. The monoisotopic (exact) mass is 578 g/mol. The van der Waals surface area contributed by atoms with Gasteiger partial charge in [-0.15, -0.1) is 0 Å². The van der Waals surface area contributed by atoms with Crippen LogP contribution in [0.3, 0.4) is 0 Å². The summed E-state index contributed by atoms with van der Waals surface area (Å²) in [6, 6.07) is 2.22. The van der Waals surface area contributed by atoms with Crippen LogP contribution >= 0.6 is 0 Å². The van der Waals surface area contributed by atoms with Gasteiger partial charge in [0.15, 0.2) is 5.78 Å². The average Bonchev–Trinajstić information content (AvgIpc) is 2.88. The minimum absolute atomic E-state index is 0.0488. The number of carbonyl (C=O) groups is 3. The molecule has 42 heavy (non-hydrogen) atoms. The smallest absolute Gasteiger partial charge is 0.407 e. The number of Topliss-reactive ketones (excluding diaryl/α,β-unsaturated/α-hetero) is 2. The van der Waals surface area contributed by atoms with E-state index in [9.17, 15) is 19.6 Å². The summed E-state index contributed by atoms with van der Waals surface area (Å²) < 4.78 is 5.62. The Morgan fingerprint density at radius 2 is 1.67 bits per heavy atom. The molecule has 6 nitrogen and oxygen atoms in total. The van der Waals surface area contributed by atoms with E-state index in [-0.39, 0.29) is 57.4 Å².